The van der Waals surface area contributed by atoms with Crippen LogP contribution in [-0.4, -0.2) is 41.0 Å². The first kappa shape index (κ1) is 17.0. The van der Waals surface area contributed by atoms with Crippen molar-refractivity contribution >= 4 is 23.3 Å². The Morgan fingerprint density at radius 3 is 2.67 bits per heavy atom. The van der Waals surface area contributed by atoms with E-state index < -0.39 is 17.7 Å². The maximum Gasteiger partial charge on any atom is 0.290 e. The highest BCUT2D eigenvalue weighted by atomic mass is 35.5. The van der Waals surface area contributed by atoms with Crippen molar-refractivity contribution in [3.8, 4) is 0 Å². The van der Waals surface area contributed by atoms with Gasteiger partial charge in [-0.05, 0) is 30.5 Å². The second kappa shape index (κ2) is 6.95. The molecule has 2 atom stereocenters. The zero-order valence-corrected chi connectivity index (χ0v) is 14.3. The summed E-state index contributed by atoms with van der Waals surface area (Å²) in [6.45, 7) is 2.75. The molecule has 2 heterocycles. The van der Waals surface area contributed by atoms with E-state index >= 15 is 0 Å². The molecule has 0 radical (unpaired) electrons. The number of hydrogen-bond acceptors (Lipinski definition) is 4. The SMILES string of the molecule is CCC(=O)C1=C(O)C(=O)N(CC2CCCO2)C1c1ccc(Cl)cc1. The molecule has 1 fully saturated rings. The monoisotopic (exact) mass is 349 g/mol. The lowest BCUT2D eigenvalue weighted by Crippen LogP contribution is -2.37. The van der Waals surface area contributed by atoms with Gasteiger partial charge in [-0.15, -0.1) is 0 Å². The lowest BCUT2D eigenvalue weighted by atomic mass is 9.95. The Kier molecular flexibility index (Phi) is 4.92. The summed E-state index contributed by atoms with van der Waals surface area (Å²) in [5.74, 6) is -1.18. The number of amides is 1. The highest BCUT2D eigenvalue weighted by molar-refractivity contribution is 6.30. The summed E-state index contributed by atoms with van der Waals surface area (Å²) in [6.07, 6.45) is 1.99. The minimum Gasteiger partial charge on any atom is -0.503 e. The predicted octanol–water partition coefficient (Wildman–Crippen LogP) is 3.19. The summed E-state index contributed by atoms with van der Waals surface area (Å²) in [5.41, 5.74) is 0.925. The Hall–Kier alpha value is -1.85. The summed E-state index contributed by atoms with van der Waals surface area (Å²) < 4.78 is 5.62. The zero-order valence-electron chi connectivity index (χ0n) is 13.5. The van der Waals surface area contributed by atoms with Crippen molar-refractivity contribution in [3.05, 3.63) is 46.2 Å². The van der Waals surface area contributed by atoms with Crippen LogP contribution in [0.15, 0.2) is 35.6 Å². The first-order valence-electron chi connectivity index (χ1n) is 8.17. The van der Waals surface area contributed by atoms with Crippen LogP contribution in [0, 0.1) is 0 Å². The van der Waals surface area contributed by atoms with Gasteiger partial charge in [0.15, 0.2) is 11.5 Å². The molecular weight excluding hydrogens is 330 g/mol. The number of nitrogens with zero attached hydrogens (tertiary/aromatic N) is 1. The fourth-order valence-electron chi connectivity index (χ4n) is 3.32. The van der Waals surface area contributed by atoms with E-state index in [1.807, 2.05) is 0 Å². The van der Waals surface area contributed by atoms with E-state index in [1.54, 1.807) is 31.2 Å². The highest BCUT2D eigenvalue weighted by Crippen LogP contribution is 2.39. The van der Waals surface area contributed by atoms with Gasteiger partial charge in [0.2, 0.25) is 0 Å². The Balaban J connectivity index is 1.99. The van der Waals surface area contributed by atoms with Gasteiger partial charge in [-0.3, -0.25) is 9.59 Å². The van der Waals surface area contributed by atoms with Crippen molar-refractivity contribution in [1.29, 1.82) is 0 Å². The topological polar surface area (TPSA) is 66.8 Å². The number of carbonyl (C=O) groups excluding carboxylic acids is 2. The van der Waals surface area contributed by atoms with Gasteiger partial charge in [0.1, 0.15) is 0 Å². The Bertz CT molecular complexity index is 677. The molecule has 2 aliphatic heterocycles. The number of aliphatic hydroxyl groups excluding tert-OH is 1. The van der Waals surface area contributed by atoms with Crippen molar-refractivity contribution in [2.24, 2.45) is 0 Å². The number of hydrogen-bond donors (Lipinski definition) is 1. The molecule has 1 amide bonds. The lowest BCUT2D eigenvalue weighted by Gasteiger charge is -2.28. The maximum atomic E-state index is 12.6. The zero-order chi connectivity index (χ0) is 17.3. The van der Waals surface area contributed by atoms with Gasteiger partial charge in [-0.25, -0.2) is 0 Å². The van der Waals surface area contributed by atoms with Gasteiger partial charge < -0.3 is 14.7 Å². The molecular formula is C18H20ClNO4. The predicted molar refractivity (Wildman–Crippen MR) is 89.8 cm³/mol. The molecule has 0 saturated carbocycles. The highest BCUT2D eigenvalue weighted by Gasteiger charge is 2.43. The van der Waals surface area contributed by atoms with Gasteiger partial charge in [-0.2, -0.15) is 0 Å². The molecule has 6 heteroatoms. The van der Waals surface area contributed by atoms with Crippen molar-refractivity contribution in [3.63, 3.8) is 0 Å². The van der Waals surface area contributed by atoms with E-state index in [2.05, 4.69) is 0 Å². The van der Waals surface area contributed by atoms with Crippen LogP contribution < -0.4 is 0 Å². The number of Topliss-reactive ketones (excluding diaryl/α,β-unsaturated/α-hetero) is 1. The second-order valence-corrected chi connectivity index (χ2v) is 6.52. The summed E-state index contributed by atoms with van der Waals surface area (Å²) in [5, 5.41) is 10.9. The number of ether oxygens (including phenoxy) is 1. The van der Waals surface area contributed by atoms with Crippen molar-refractivity contribution in [2.75, 3.05) is 13.2 Å². The molecule has 1 N–H and O–H groups in total. The fraction of sp³-hybridized carbons (Fsp3) is 0.444. The van der Waals surface area contributed by atoms with E-state index in [0.29, 0.717) is 18.2 Å². The van der Waals surface area contributed by atoms with E-state index in [1.165, 1.54) is 4.90 Å². The third-order valence-electron chi connectivity index (χ3n) is 4.54. The molecule has 1 aromatic carbocycles. The first-order chi connectivity index (χ1) is 11.5. The van der Waals surface area contributed by atoms with E-state index in [9.17, 15) is 14.7 Å². The van der Waals surface area contributed by atoms with Gasteiger partial charge in [0.05, 0.1) is 17.7 Å². The van der Waals surface area contributed by atoms with Crippen LogP contribution in [0.4, 0.5) is 0 Å². The van der Waals surface area contributed by atoms with Gasteiger partial charge in [0, 0.05) is 24.6 Å². The Morgan fingerprint density at radius 1 is 1.38 bits per heavy atom. The second-order valence-electron chi connectivity index (χ2n) is 6.09. The number of aliphatic hydroxyl groups is 1. The van der Waals surface area contributed by atoms with Crippen LogP contribution in [0.5, 0.6) is 0 Å². The summed E-state index contributed by atoms with van der Waals surface area (Å²) >= 11 is 5.95. The number of ketones is 1. The van der Waals surface area contributed by atoms with Crippen LogP contribution in [0.3, 0.4) is 0 Å². The van der Waals surface area contributed by atoms with Crippen molar-refractivity contribution in [1.82, 2.24) is 4.90 Å². The third-order valence-corrected chi connectivity index (χ3v) is 4.79. The molecule has 1 saturated heterocycles. The standard InChI is InChI=1S/C18H20ClNO4/c1-2-14(21)15-16(11-5-7-12(19)8-6-11)20(18(23)17(15)22)10-13-4-3-9-24-13/h5-8,13,16,22H,2-4,9-10H2,1H3. The minimum absolute atomic E-state index is 0.0624. The van der Waals surface area contributed by atoms with Crippen LogP contribution in [0.1, 0.15) is 37.8 Å². The molecule has 2 unspecified atom stereocenters. The average molecular weight is 350 g/mol. The van der Waals surface area contributed by atoms with Crippen LogP contribution in [-0.2, 0) is 14.3 Å². The number of halogens is 1. The molecule has 2 aliphatic rings. The Labute approximate surface area is 145 Å². The molecule has 0 bridgehead atoms. The first-order valence-corrected chi connectivity index (χ1v) is 8.55. The van der Waals surface area contributed by atoms with E-state index in [-0.39, 0.29) is 23.9 Å². The van der Waals surface area contributed by atoms with Gasteiger partial charge >= 0.3 is 0 Å². The quantitative estimate of drug-likeness (QED) is 0.886. The smallest absolute Gasteiger partial charge is 0.290 e. The molecule has 24 heavy (non-hydrogen) atoms. The number of benzene rings is 1. The average Bonchev–Trinajstić information content (AvgIpc) is 3.17. The summed E-state index contributed by atoms with van der Waals surface area (Å²) in [4.78, 5) is 26.4. The lowest BCUT2D eigenvalue weighted by molar-refractivity contribution is -0.131. The van der Waals surface area contributed by atoms with Crippen LogP contribution in [0.2, 0.25) is 5.02 Å². The molecule has 128 valence electrons. The minimum atomic E-state index is -0.591. The molecule has 0 aromatic heterocycles. The van der Waals surface area contributed by atoms with Crippen LogP contribution in [0.25, 0.3) is 0 Å². The van der Waals surface area contributed by atoms with Gasteiger partial charge in [0.25, 0.3) is 5.91 Å². The molecule has 1 aromatic rings. The number of carbonyl (C=O) groups is 2. The third kappa shape index (κ3) is 3.06. The molecule has 0 spiro atoms. The largest absolute Gasteiger partial charge is 0.503 e. The van der Waals surface area contributed by atoms with Crippen molar-refractivity contribution < 1.29 is 19.4 Å². The van der Waals surface area contributed by atoms with Gasteiger partial charge in [-0.1, -0.05) is 30.7 Å². The summed E-state index contributed by atoms with van der Waals surface area (Å²) in [7, 11) is 0. The van der Waals surface area contributed by atoms with E-state index in [4.69, 9.17) is 16.3 Å². The normalized spacial score (nSPS) is 24.1. The fourth-order valence-corrected chi connectivity index (χ4v) is 3.44. The van der Waals surface area contributed by atoms with Crippen LogP contribution >= 0.6 is 11.6 Å². The molecule has 0 aliphatic carbocycles. The summed E-state index contributed by atoms with van der Waals surface area (Å²) in [6, 6.07) is 6.41. The van der Waals surface area contributed by atoms with E-state index in [0.717, 1.165) is 18.4 Å². The number of rotatable bonds is 5. The maximum absolute atomic E-state index is 12.6. The Morgan fingerprint density at radius 2 is 2.08 bits per heavy atom. The molecule has 5 nitrogen and oxygen atoms in total. The molecule has 3 rings (SSSR count). The van der Waals surface area contributed by atoms with Crippen molar-refractivity contribution in [2.45, 2.75) is 38.3 Å².